The third kappa shape index (κ3) is 3.51. The summed E-state index contributed by atoms with van der Waals surface area (Å²) in [6.45, 7) is 2.39. The number of nitrogens with zero attached hydrogens (tertiary/aromatic N) is 4. The first-order valence-corrected chi connectivity index (χ1v) is 9.93. The molecule has 3 aromatic heterocycles. The van der Waals surface area contributed by atoms with Crippen molar-refractivity contribution in [3.63, 3.8) is 0 Å². The highest BCUT2D eigenvalue weighted by Crippen LogP contribution is 2.40. The van der Waals surface area contributed by atoms with Gasteiger partial charge in [-0.25, -0.2) is 9.50 Å². The molecule has 3 heterocycles. The lowest BCUT2D eigenvalue weighted by Gasteiger charge is -2.09. The zero-order chi connectivity index (χ0) is 20.0. The third-order valence-corrected chi connectivity index (χ3v) is 5.40. The summed E-state index contributed by atoms with van der Waals surface area (Å²) in [4.78, 5) is 17.3. The van der Waals surface area contributed by atoms with Crippen LogP contribution in [0.5, 0.6) is 5.75 Å². The smallest absolute Gasteiger partial charge is 0.260 e. The van der Waals surface area contributed by atoms with Crippen molar-refractivity contribution in [3.8, 4) is 11.6 Å². The van der Waals surface area contributed by atoms with Crippen molar-refractivity contribution in [1.82, 2.24) is 19.2 Å². The van der Waals surface area contributed by atoms with E-state index in [0.717, 1.165) is 22.6 Å². The van der Waals surface area contributed by atoms with Crippen molar-refractivity contribution in [3.05, 3.63) is 87.1 Å². The van der Waals surface area contributed by atoms with E-state index >= 15 is 0 Å². The molecule has 5 rings (SSSR count). The Bertz CT molecular complexity index is 1260. The van der Waals surface area contributed by atoms with Gasteiger partial charge in [-0.15, -0.1) is 5.10 Å². The standard InChI is InChI=1S/C22H19ClN4O2/c1-14-22(16-4-5-16)24-19-8-9-20(25-27(14)19)26-11-10-18(12-21(26)28)29-13-15-2-6-17(23)7-3-15/h2-3,6-12,16H,4-5,13H2,1H3. The maximum Gasteiger partial charge on any atom is 0.260 e. The fraction of sp³-hybridized carbons (Fsp3) is 0.227. The molecule has 0 saturated heterocycles. The van der Waals surface area contributed by atoms with E-state index in [2.05, 4.69) is 10.1 Å². The molecule has 1 aliphatic rings. The second kappa shape index (κ2) is 7.04. The van der Waals surface area contributed by atoms with Gasteiger partial charge >= 0.3 is 0 Å². The Balaban J connectivity index is 1.40. The summed E-state index contributed by atoms with van der Waals surface area (Å²) in [5, 5.41) is 5.31. The quantitative estimate of drug-likeness (QED) is 0.495. The van der Waals surface area contributed by atoms with E-state index in [1.54, 1.807) is 12.3 Å². The molecule has 0 unspecified atom stereocenters. The first-order valence-electron chi connectivity index (χ1n) is 9.55. The zero-order valence-corrected chi connectivity index (χ0v) is 16.6. The summed E-state index contributed by atoms with van der Waals surface area (Å²) < 4.78 is 9.06. The second-order valence-corrected chi connectivity index (χ2v) is 7.74. The van der Waals surface area contributed by atoms with Gasteiger partial charge in [-0.2, -0.15) is 0 Å². The normalized spacial score (nSPS) is 13.7. The lowest BCUT2D eigenvalue weighted by atomic mass is 10.2. The van der Waals surface area contributed by atoms with E-state index in [9.17, 15) is 4.79 Å². The molecule has 1 fully saturated rings. The van der Waals surface area contributed by atoms with E-state index in [1.165, 1.54) is 23.5 Å². The Hall–Kier alpha value is -3.12. The number of benzene rings is 1. The molecule has 0 spiro atoms. The number of halogens is 1. The number of ether oxygens (including phenoxy) is 1. The maximum absolute atomic E-state index is 12.6. The summed E-state index contributed by atoms with van der Waals surface area (Å²) in [7, 11) is 0. The van der Waals surface area contributed by atoms with E-state index in [4.69, 9.17) is 16.3 Å². The number of hydrogen-bond donors (Lipinski definition) is 0. The van der Waals surface area contributed by atoms with Gasteiger partial charge in [-0.1, -0.05) is 23.7 Å². The van der Waals surface area contributed by atoms with Gasteiger partial charge in [0.2, 0.25) is 0 Å². The van der Waals surface area contributed by atoms with Crippen LogP contribution in [-0.2, 0) is 6.61 Å². The number of hydrogen-bond acceptors (Lipinski definition) is 4. The predicted molar refractivity (Wildman–Crippen MR) is 111 cm³/mol. The van der Waals surface area contributed by atoms with Crippen LogP contribution >= 0.6 is 11.6 Å². The Kier molecular flexibility index (Phi) is 4.36. The number of aromatic nitrogens is 4. The van der Waals surface area contributed by atoms with Crippen LogP contribution in [0.3, 0.4) is 0 Å². The van der Waals surface area contributed by atoms with Gasteiger partial charge in [0.25, 0.3) is 5.56 Å². The Labute approximate surface area is 172 Å². The maximum atomic E-state index is 12.6. The van der Waals surface area contributed by atoms with Crippen LogP contribution in [0.2, 0.25) is 5.02 Å². The highest BCUT2D eigenvalue weighted by atomic mass is 35.5. The van der Waals surface area contributed by atoms with Gasteiger partial charge in [0.15, 0.2) is 11.5 Å². The summed E-state index contributed by atoms with van der Waals surface area (Å²) in [6, 6.07) is 14.4. The summed E-state index contributed by atoms with van der Waals surface area (Å²) in [6.07, 6.45) is 4.06. The first kappa shape index (κ1) is 17.9. The SMILES string of the molecule is Cc1c(C2CC2)nc2ccc(-n3ccc(OCc4ccc(Cl)cc4)cc3=O)nn12. The van der Waals surface area contributed by atoms with Gasteiger partial charge in [0.05, 0.1) is 11.4 Å². The monoisotopic (exact) mass is 406 g/mol. The molecule has 7 heteroatoms. The topological polar surface area (TPSA) is 61.4 Å². The highest BCUT2D eigenvalue weighted by Gasteiger charge is 2.29. The molecule has 0 atom stereocenters. The van der Waals surface area contributed by atoms with Gasteiger partial charge in [0, 0.05) is 23.2 Å². The average Bonchev–Trinajstić information content (AvgIpc) is 3.52. The largest absolute Gasteiger partial charge is 0.489 e. The highest BCUT2D eigenvalue weighted by molar-refractivity contribution is 6.30. The van der Waals surface area contributed by atoms with Crippen LogP contribution < -0.4 is 10.3 Å². The van der Waals surface area contributed by atoms with Gasteiger partial charge in [0.1, 0.15) is 12.4 Å². The third-order valence-electron chi connectivity index (χ3n) is 5.15. The minimum atomic E-state index is -0.203. The molecule has 6 nitrogen and oxygen atoms in total. The van der Waals surface area contributed by atoms with E-state index < -0.39 is 0 Å². The second-order valence-electron chi connectivity index (χ2n) is 7.30. The lowest BCUT2D eigenvalue weighted by Crippen LogP contribution is -2.18. The van der Waals surface area contributed by atoms with Crippen molar-refractivity contribution in [2.24, 2.45) is 0 Å². The Morgan fingerprint density at radius 2 is 1.93 bits per heavy atom. The van der Waals surface area contributed by atoms with E-state index in [1.807, 2.05) is 47.8 Å². The summed E-state index contributed by atoms with van der Waals surface area (Å²) in [5.74, 6) is 1.62. The molecule has 29 heavy (non-hydrogen) atoms. The summed E-state index contributed by atoms with van der Waals surface area (Å²) >= 11 is 5.89. The minimum absolute atomic E-state index is 0.203. The molecular weight excluding hydrogens is 388 g/mol. The van der Waals surface area contributed by atoms with Crippen molar-refractivity contribution >= 4 is 17.2 Å². The fourth-order valence-electron chi connectivity index (χ4n) is 3.41. The molecule has 0 N–H and O–H groups in total. The van der Waals surface area contributed by atoms with Crippen LogP contribution in [-0.4, -0.2) is 19.2 Å². The van der Waals surface area contributed by atoms with Crippen LogP contribution in [0, 0.1) is 6.92 Å². The van der Waals surface area contributed by atoms with Crippen LogP contribution in [0.25, 0.3) is 11.5 Å². The number of aryl methyl sites for hydroxylation is 1. The molecule has 0 amide bonds. The predicted octanol–water partition coefficient (Wildman–Crippen LogP) is 4.30. The van der Waals surface area contributed by atoms with Crippen LogP contribution in [0.15, 0.2) is 59.5 Å². The van der Waals surface area contributed by atoms with Crippen LogP contribution in [0.4, 0.5) is 0 Å². The Morgan fingerprint density at radius 1 is 1.14 bits per heavy atom. The molecular formula is C22H19ClN4O2. The Morgan fingerprint density at radius 3 is 2.66 bits per heavy atom. The van der Waals surface area contributed by atoms with Crippen molar-refractivity contribution < 1.29 is 4.74 Å². The lowest BCUT2D eigenvalue weighted by molar-refractivity contribution is 0.305. The molecule has 0 radical (unpaired) electrons. The molecule has 1 saturated carbocycles. The van der Waals surface area contributed by atoms with E-state index in [0.29, 0.717) is 29.1 Å². The van der Waals surface area contributed by atoms with Crippen LogP contribution in [0.1, 0.15) is 35.7 Å². The number of rotatable bonds is 5. The molecule has 0 aliphatic heterocycles. The van der Waals surface area contributed by atoms with E-state index in [-0.39, 0.29) is 5.56 Å². The first-order chi connectivity index (χ1) is 14.1. The van der Waals surface area contributed by atoms with Crippen molar-refractivity contribution in [2.75, 3.05) is 0 Å². The molecule has 0 bridgehead atoms. The molecule has 4 aromatic rings. The number of fused-ring (bicyclic) bond motifs is 1. The van der Waals surface area contributed by atoms with Gasteiger partial charge in [-0.3, -0.25) is 9.36 Å². The molecule has 146 valence electrons. The van der Waals surface area contributed by atoms with Gasteiger partial charge < -0.3 is 4.74 Å². The number of pyridine rings is 1. The number of imidazole rings is 1. The van der Waals surface area contributed by atoms with Gasteiger partial charge in [-0.05, 0) is 55.7 Å². The molecule has 1 aromatic carbocycles. The fourth-order valence-corrected chi connectivity index (χ4v) is 3.54. The zero-order valence-electron chi connectivity index (χ0n) is 15.9. The average molecular weight is 407 g/mol. The molecule has 1 aliphatic carbocycles. The van der Waals surface area contributed by atoms with Crippen molar-refractivity contribution in [2.45, 2.75) is 32.3 Å². The minimum Gasteiger partial charge on any atom is -0.489 e. The van der Waals surface area contributed by atoms with Crippen molar-refractivity contribution in [1.29, 1.82) is 0 Å². The summed E-state index contributed by atoms with van der Waals surface area (Å²) in [5.41, 5.74) is 3.75.